The lowest BCUT2D eigenvalue weighted by molar-refractivity contribution is 0.0955. The Morgan fingerprint density at radius 3 is 2.24 bits per heavy atom. The molecule has 3 rings (SSSR count). The fraction of sp³-hybridized carbons (Fsp3) is 0.0476. The van der Waals surface area contributed by atoms with E-state index in [-0.39, 0.29) is 5.91 Å². The summed E-state index contributed by atoms with van der Waals surface area (Å²) in [6, 6.07) is 18.8. The van der Waals surface area contributed by atoms with E-state index in [1.807, 2.05) is 48.5 Å². The SMILES string of the molecule is O=C(N/N=C\c1cc(I)c(OCc2ccc(Cl)cc2)c(I)c1)c1ccc(I)cc1. The maximum Gasteiger partial charge on any atom is 0.271 e. The summed E-state index contributed by atoms with van der Waals surface area (Å²) in [4.78, 5) is 12.1. The molecule has 4 nitrogen and oxygen atoms in total. The van der Waals surface area contributed by atoms with E-state index >= 15 is 0 Å². The molecule has 29 heavy (non-hydrogen) atoms. The molecule has 0 bridgehead atoms. The lowest BCUT2D eigenvalue weighted by Gasteiger charge is -2.11. The van der Waals surface area contributed by atoms with Crippen molar-refractivity contribution in [2.45, 2.75) is 6.61 Å². The number of benzene rings is 3. The van der Waals surface area contributed by atoms with Crippen LogP contribution in [0, 0.1) is 10.7 Å². The second-order valence-electron chi connectivity index (χ2n) is 5.93. The Morgan fingerprint density at radius 1 is 1.00 bits per heavy atom. The Kier molecular flexibility index (Phi) is 8.57. The number of nitrogens with one attached hydrogen (secondary N) is 1. The minimum absolute atomic E-state index is 0.245. The number of halogens is 4. The van der Waals surface area contributed by atoms with E-state index in [2.05, 4.69) is 78.3 Å². The zero-order valence-electron chi connectivity index (χ0n) is 14.8. The molecule has 0 atom stereocenters. The van der Waals surface area contributed by atoms with Crippen molar-refractivity contribution in [1.82, 2.24) is 5.43 Å². The third kappa shape index (κ3) is 6.79. The van der Waals surface area contributed by atoms with Crippen LogP contribution in [0.5, 0.6) is 5.75 Å². The second-order valence-corrected chi connectivity index (χ2v) is 9.94. The lowest BCUT2D eigenvalue weighted by atomic mass is 10.2. The predicted octanol–water partition coefficient (Wildman–Crippen LogP) is 6.50. The number of carbonyl (C=O) groups is 1. The fourth-order valence-corrected chi connectivity index (χ4v) is 4.97. The van der Waals surface area contributed by atoms with Crippen LogP contribution in [0.1, 0.15) is 21.5 Å². The van der Waals surface area contributed by atoms with Gasteiger partial charge in [0.15, 0.2) is 0 Å². The normalized spacial score (nSPS) is 10.9. The molecule has 1 amide bonds. The molecule has 0 heterocycles. The Morgan fingerprint density at radius 2 is 1.62 bits per heavy atom. The molecule has 0 fully saturated rings. The minimum Gasteiger partial charge on any atom is -0.487 e. The van der Waals surface area contributed by atoms with Gasteiger partial charge in [0.25, 0.3) is 5.91 Å². The number of amides is 1. The highest BCUT2D eigenvalue weighted by molar-refractivity contribution is 14.1. The topological polar surface area (TPSA) is 50.7 Å². The number of hydrogen-bond donors (Lipinski definition) is 1. The van der Waals surface area contributed by atoms with E-state index in [0.29, 0.717) is 17.2 Å². The zero-order chi connectivity index (χ0) is 20.8. The summed E-state index contributed by atoms with van der Waals surface area (Å²) < 4.78 is 8.99. The molecule has 0 aliphatic rings. The third-order valence-corrected chi connectivity index (χ3v) is 6.38. The first-order chi connectivity index (χ1) is 13.9. The first-order valence-electron chi connectivity index (χ1n) is 8.37. The molecule has 3 aromatic rings. The van der Waals surface area contributed by atoms with Crippen molar-refractivity contribution in [3.63, 3.8) is 0 Å². The maximum atomic E-state index is 12.1. The highest BCUT2D eigenvalue weighted by Gasteiger charge is 2.09. The van der Waals surface area contributed by atoms with E-state index in [4.69, 9.17) is 16.3 Å². The largest absolute Gasteiger partial charge is 0.487 e. The van der Waals surface area contributed by atoms with Crippen LogP contribution in [0.25, 0.3) is 0 Å². The van der Waals surface area contributed by atoms with Gasteiger partial charge in [-0.25, -0.2) is 5.43 Å². The van der Waals surface area contributed by atoms with Gasteiger partial charge in [-0.1, -0.05) is 23.7 Å². The van der Waals surface area contributed by atoms with Gasteiger partial charge in [-0.15, -0.1) is 0 Å². The molecule has 0 spiro atoms. The summed E-state index contributed by atoms with van der Waals surface area (Å²) in [6.07, 6.45) is 1.62. The first-order valence-corrected chi connectivity index (χ1v) is 12.0. The van der Waals surface area contributed by atoms with Crippen molar-refractivity contribution in [3.8, 4) is 5.75 Å². The summed E-state index contributed by atoms with van der Waals surface area (Å²) >= 11 is 12.6. The monoisotopic (exact) mass is 742 g/mol. The summed E-state index contributed by atoms with van der Waals surface area (Å²) in [7, 11) is 0. The van der Waals surface area contributed by atoms with E-state index in [1.165, 1.54) is 0 Å². The van der Waals surface area contributed by atoms with Crippen molar-refractivity contribution >= 4 is 91.5 Å². The van der Waals surface area contributed by atoms with Crippen LogP contribution >= 0.6 is 79.4 Å². The number of ether oxygens (including phenoxy) is 1. The minimum atomic E-state index is -0.245. The average molecular weight is 743 g/mol. The predicted molar refractivity (Wildman–Crippen MR) is 142 cm³/mol. The number of rotatable bonds is 6. The van der Waals surface area contributed by atoms with Crippen LogP contribution < -0.4 is 10.2 Å². The number of carbonyl (C=O) groups excluding carboxylic acids is 1. The molecule has 0 radical (unpaired) electrons. The van der Waals surface area contributed by atoms with E-state index in [1.54, 1.807) is 18.3 Å². The summed E-state index contributed by atoms with van der Waals surface area (Å²) in [5.74, 6) is 0.575. The zero-order valence-corrected chi connectivity index (χ0v) is 22.1. The standard InChI is InChI=1S/C21H14ClI3N2O2/c22-16-5-1-13(2-6-16)12-29-20-18(24)9-14(10-19(20)25)11-26-27-21(28)15-3-7-17(23)8-4-15/h1-11H,12H2,(H,27,28)/b26-11-. The van der Waals surface area contributed by atoms with Gasteiger partial charge in [-0.2, -0.15) is 5.10 Å². The highest BCUT2D eigenvalue weighted by Crippen LogP contribution is 2.29. The van der Waals surface area contributed by atoms with Crippen molar-refractivity contribution < 1.29 is 9.53 Å². The second kappa shape index (κ2) is 10.9. The summed E-state index contributed by atoms with van der Waals surface area (Å²) in [5.41, 5.74) is 5.04. The Labute approximate surface area is 214 Å². The van der Waals surface area contributed by atoms with Crippen molar-refractivity contribution in [1.29, 1.82) is 0 Å². The smallest absolute Gasteiger partial charge is 0.271 e. The molecule has 3 aromatic carbocycles. The highest BCUT2D eigenvalue weighted by atomic mass is 127. The molecule has 0 saturated heterocycles. The lowest BCUT2D eigenvalue weighted by Crippen LogP contribution is -2.17. The van der Waals surface area contributed by atoms with E-state index in [0.717, 1.165) is 27.6 Å². The molecule has 8 heteroatoms. The number of hydrogen-bond acceptors (Lipinski definition) is 3. The van der Waals surface area contributed by atoms with Crippen molar-refractivity contribution in [2.75, 3.05) is 0 Å². The van der Waals surface area contributed by atoms with Gasteiger partial charge in [0.2, 0.25) is 0 Å². The Hall–Kier alpha value is -0.920. The van der Waals surface area contributed by atoms with Gasteiger partial charge in [-0.3, -0.25) is 4.79 Å². The van der Waals surface area contributed by atoms with E-state index in [9.17, 15) is 4.79 Å². The van der Waals surface area contributed by atoms with Crippen molar-refractivity contribution in [2.24, 2.45) is 5.10 Å². The molecule has 148 valence electrons. The van der Waals surface area contributed by atoms with Crippen LogP contribution in [-0.2, 0) is 6.61 Å². The number of nitrogens with zero attached hydrogens (tertiary/aromatic N) is 1. The van der Waals surface area contributed by atoms with Gasteiger partial charge < -0.3 is 4.74 Å². The van der Waals surface area contributed by atoms with Crippen LogP contribution in [0.3, 0.4) is 0 Å². The van der Waals surface area contributed by atoms with Gasteiger partial charge in [-0.05, 0) is 127 Å². The molecule has 0 aliphatic carbocycles. The molecular weight excluding hydrogens is 728 g/mol. The molecule has 0 unspecified atom stereocenters. The summed E-state index contributed by atoms with van der Waals surface area (Å²) in [5, 5.41) is 4.77. The third-order valence-electron chi connectivity index (χ3n) is 3.80. The quantitative estimate of drug-likeness (QED) is 0.178. The maximum absolute atomic E-state index is 12.1. The van der Waals surface area contributed by atoms with Crippen LogP contribution in [-0.4, -0.2) is 12.1 Å². The molecular formula is C21H14ClI3N2O2. The first kappa shape index (κ1) is 22.8. The van der Waals surface area contributed by atoms with Crippen LogP contribution in [0.2, 0.25) is 5.02 Å². The molecule has 1 N–H and O–H groups in total. The summed E-state index contributed by atoms with van der Waals surface area (Å²) in [6.45, 7) is 0.461. The fourth-order valence-electron chi connectivity index (χ4n) is 2.36. The van der Waals surface area contributed by atoms with Gasteiger partial charge >= 0.3 is 0 Å². The molecule has 0 aromatic heterocycles. The Balaban J connectivity index is 1.63. The van der Waals surface area contributed by atoms with Gasteiger partial charge in [0.1, 0.15) is 12.4 Å². The van der Waals surface area contributed by atoms with Crippen molar-refractivity contribution in [3.05, 3.63) is 93.1 Å². The Bertz CT molecular complexity index is 1020. The number of hydrazone groups is 1. The molecule has 0 saturated carbocycles. The van der Waals surface area contributed by atoms with E-state index < -0.39 is 0 Å². The van der Waals surface area contributed by atoms with Crippen LogP contribution in [0.4, 0.5) is 0 Å². The van der Waals surface area contributed by atoms with Crippen LogP contribution in [0.15, 0.2) is 65.8 Å². The van der Waals surface area contributed by atoms with Gasteiger partial charge in [0.05, 0.1) is 13.4 Å². The average Bonchev–Trinajstić information content (AvgIpc) is 2.69. The molecule has 0 aliphatic heterocycles. The van der Waals surface area contributed by atoms with Gasteiger partial charge in [0, 0.05) is 14.2 Å².